The van der Waals surface area contributed by atoms with E-state index in [1.54, 1.807) is 7.11 Å². The summed E-state index contributed by atoms with van der Waals surface area (Å²) in [6.45, 7) is 0. The van der Waals surface area contributed by atoms with Crippen molar-refractivity contribution in [1.29, 1.82) is 0 Å². The van der Waals surface area contributed by atoms with Crippen LogP contribution >= 0.6 is 23.8 Å². The molecule has 0 aliphatic carbocycles. The van der Waals surface area contributed by atoms with Gasteiger partial charge < -0.3 is 4.74 Å². The number of allylic oxidation sites excluding steroid dienone is 1. The molecule has 0 saturated heterocycles. The minimum atomic E-state index is 0.381. The molecule has 5 nitrogen and oxygen atoms in total. The smallest absolute Gasteiger partial charge is 0.216 e. The predicted octanol–water partition coefficient (Wildman–Crippen LogP) is 4.73. The number of nitrogens with zero attached hydrogens (tertiary/aromatic N) is 3. The molecular formula is C18H15ClN4OS. The normalized spacial score (nSPS) is 11.8. The van der Waals surface area contributed by atoms with E-state index in [1.807, 2.05) is 60.7 Å². The molecule has 7 heteroatoms. The fourth-order valence-electron chi connectivity index (χ4n) is 2.18. The highest BCUT2D eigenvalue weighted by molar-refractivity contribution is 7.71. The fraction of sp³-hybridized carbons (Fsp3) is 0.0556. The van der Waals surface area contributed by atoms with Crippen molar-refractivity contribution in [3.63, 3.8) is 0 Å². The van der Waals surface area contributed by atoms with Crippen molar-refractivity contribution in [2.75, 3.05) is 7.11 Å². The fourth-order valence-corrected chi connectivity index (χ4v) is 2.53. The summed E-state index contributed by atoms with van der Waals surface area (Å²) in [6.07, 6.45) is 3.36. The monoisotopic (exact) mass is 370 g/mol. The third kappa shape index (κ3) is 4.23. The van der Waals surface area contributed by atoms with Crippen LogP contribution < -0.4 is 4.74 Å². The van der Waals surface area contributed by atoms with Gasteiger partial charge in [0, 0.05) is 5.56 Å². The molecule has 0 unspecified atom stereocenters. The van der Waals surface area contributed by atoms with Crippen molar-refractivity contribution in [3.05, 3.63) is 70.0 Å². The number of nitrogens with one attached hydrogen (secondary N) is 1. The van der Waals surface area contributed by atoms with E-state index in [4.69, 9.17) is 28.6 Å². The number of aromatic nitrogens is 3. The summed E-state index contributed by atoms with van der Waals surface area (Å²) < 4.78 is 7.07. The third-order valence-corrected chi connectivity index (χ3v) is 3.87. The van der Waals surface area contributed by atoms with Gasteiger partial charge in [-0.25, -0.2) is 5.10 Å². The first-order valence-corrected chi connectivity index (χ1v) is 8.24. The van der Waals surface area contributed by atoms with Gasteiger partial charge in [-0.1, -0.05) is 41.9 Å². The highest BCUT2D eigenvalue weighted by Crippen LogP contribution is 2.21. The van der Waals surface area contributed by atoms with Gasteiger partial charge in [-0.3, -0.25) is 0 Å². The Balaban J connectivity index is 1.89. The van der Waals surface area contributed by atoms with Crippen molar-refractivity contribution in [2.45, 2.75) is 0 Å². The second-order valence-corrected chi connectivity index (χ2v) is 5.90. The Morgan fingerprint density at radius 2 is 1.92 bits per heavy atom. The van der Waals surface area contributed by atoms with Gasteiger partial charge in [0.05, 0.1) is 18.4 Å². The molecule has 3 rings (SSSR count). The zero-order chi connectivity index (χ0) is 17.6. The van der Waals surface area contributed by atoms with Gasteiger partial charge in [-0.15, -0.1) is 0 Å². The number of methoxy groups -OCH3 is 1. The van der Waals surface area contributed by atoms with Gasteiger partial charge in [0.15, 0.2) is 5.82 Å². The van der Waals surface area contributed by atoms with Crippen molar-refractivity contribution in [2.24, 2.45) is 5.10 Å². The van der Waals surface area contributed by atoms with E-state index in [0.717, 1.165) is 16.9 Å². The predicted molar refractivity (Wildman–Crippen MR) is 104 cm³/mol. The minimum absolute atomic E-state index is 0.381. The highest BCUT2D eigenvalue weighted by atomic mass is 35.5. The summed E-state index contributed by atoms with van der Waals surface area (Å²) in [6, 6.07) is 17.2. The topological polar surface area (TPSA) is 55.2 Å². The van der Waals surface area contributed by atoms with Gasteiger partial charge >= 0.3 is 0 Å². The van der Waals surface area contributed by atoms with Gasteiger partial charge in [-0.05, 0) is 48.1 Å². The van der Waals surface area contributed by atoms with Crippen LogP contribution in [-0.2, 0) is 0 Å². The van der Waals surface area contributed by atoms with Crippen LogP contribution in [0.2, 0.25) is 0 Å². The zero-order valence-electron chi connectivity index (χ0n) is 13.4. The maximum atomic E-state index is 6.24. The second-order valence-electron chi connectivity index (χ2n) is 5.08. The molecule has 3 aromatic rings. The standard InChI is InChI=1S/C18H15ClN4OS/c1-24-16-9-7-14(8-10-16)17-21-22-18(25)23(17)20-12-15(19)11-13-5-3-2-4-6-13/h2-12H,1H3,(H,22,25). The van der Waals surface area contributed by atoms with Crippen LogP contribution in [0.4, 0.5) is 0 Å². The lowest BCUT2D eigenvalue weighted by molar-refractivity contribution is 0.415. The summed E-state index contributed by atoms with van der Waals surface area (Å²) in [7, 11) is 1.62. The molecule has 2 aromatic carbocycles. The Morgan fingerprint density at radius 3 is 2.60 bits per heavy atom. The molecule has 1 aromatic heterocycles. The average molecular weight is 371 g/mol. The number of halogens is 1. The molecule has 126 valence electrons. The van der Waals surface area contributed by atoms with Crippen LogP contribution in [0.3, 0.4) is 0 Å². The lowest BCUT2D eigenvalue weighted by Gasteiger charge is -2.03. The summed E-state index contributed by atoms with van der Waals surface area (Å²) in [5.74, 6) is 1.36. The summed E-state index contributed by atoms with van der Waals surface area (Å²) >= 11 is 11.5. The van der Waals surface area contributed by atoms with Crippen LogP contribution in [0.15, 0.2) is 64.7 Å². The number of ether oxygens (including phenoxy) is 1. The molecule has 0 saturated carbocycles. The summed E-state index contributed by atoms with van der Waals surface area (Å²) in [5.41, 5.74) is 1.85. The molecule has 1 heterocycles. The van der Waals surface area contributed by atoms with Crippen molar-refractivity contribution in [1.82, 2.24) is 14.9 Å². The van der Waals surface area contributed by atoms with E-state index < -0.39 is 0 Å². The Morgan fingerprint density at radius 1 is 1.20 bits per heavy atom. The minimum Gasteiger partial charge on any atom is -0.497 e. The quantitative estimate of drug-likeness (QED) is 0.521. The third-order valence-electron chi connectivity index (χ3n) is 3.40. The lowest BCUT2D eigenvalue weighted by Crippen LogP contribution is -1.94. The molecule has 0 bridgehead atoms. The summed E-state index contributed by atoms with van der Waals surface area (Å²) in [5, 5.41) is 11.8. The van der Waals surface area contributed by atoms with Crippen molar-refractivity contribution >= 4 is 36.1 Å². The average Bonchev–Trinajstić information content (AvgIpc) is 3.01. The molecule has 0 spiro atoms. The van der Waals surface area contributed by atoms with Crippen LogP contribution in [0.1, 0.15) is 5.56 Å². The molecule has 0 amide bonds. The van der Waals surface area contributed by atoms with E-state index in [-0.39, 0.29) is 0 Å². The van der Waals surface area contributed by atoms with E-state index in [1.165, 1.54) is 10.9 Å². The molecule has 0 radical (unpaired) electrons. The Labute approximate surface area is 155 Å². The first-order chi connectivity index (χ1) is 12.2. The van der Waals surface area contributed by atoms with Crippen molar-refractivity contribution in [3.8, 4) is 17.1 Å². The van der Waals surface area contributed by atoms with Crippen LogP contribution in [0.5, 0.6) is 5.75 Å². The largest absolute Gasteiger partial charge is 0.497 e. The lowest BCUT2D eigenvalue weighted by atomic mass is 10.2. The first-order valence-electron chi connectivity index (χ1n) is 7.46. The molecule has 0 atom stereocenters. The second kappa shape index (κ2) is 7.92. The van der Waals surface area contributed by atoms with Crippen molar-refractivity contribution < 1.29 is 4.74 Å². The SMILES string of the molecule is COc1ccc(-c2n[nH]c(=S)n2N=CC(Cl)=Cc2ccccc2)cc1. The van der Waals surface area contributed by atoms with Gasteiger partial charge in [-0.2, -0.15) is 14.9 Å². The Bertz CT molecular complexity index is 959. The highest BCUT2D eigenvalue weighted by Gasteiger charge is 2.08. The summed E-state index contributed by atoms with van der Waals surface area (Å²) in [4.78, 5) is 0. The molecule has 25 heavy (non-hydrogen) atoms. The molecule has 0 aliphatic rings. The Kier molecular flexibility index (Phi) is 5.42. The molecule has 1 N–H and O–H groups in total. The number of benzene rings is 2. The Hall–Kier alpha value is -2.70. The van der Waals surface area contributed by atoms with E-state index >= 15 is 0 Å². The number of rotatable bonds is 5. The number of hydrogen-bond acceptors (Lipinski definition) is 4. The van der Waals surface area contributed by atoms with Crippen LogP contribution in [-0.4, -0.2) is 28.2 Å². The number of hydrogen-bond donors (Lipinski definition) is 1. The zero-order valence-corrected chi connectivity index (χ0v) is 15.0. The number of aromatic amines is 1. The molecular weight excluding hydrogens is 356 g/mol. The number of H-pyrrole nitrogens is 1. The van der Waals surface area contributed by atoms with E-state index in [0.29, 0.717) is 15.6 Å². The maximum absolute atomic E-state index is 6.24. The molecule has 0 aliphatic heterocycles. The van der Waals surface area contributed by atoms with E-state index in [2.05, 4.69) is 15.3 Å². The van der Waals surface area contributed by atoms with E-state index in [9.17, 15) is 0 Å². The maximum Gasteiger partial charge on any atom is 0.216 e. The van der Waals surface area contributed by atoms with Gasteiger partial charge in [0.1, 0.15) is 5.75 Å². The molecule has 0 fully saturated rings. The van der Waals surface area contributed by atoms with Gasteiger partial charge in [0.25, 0.3) is 0 Å². The van der Waals surface area contributed by atoms with Gasteiger partial charge in [0.2, 0.25) is 4.77 Å². The first kappa shape index (κ1) is 17.1. The van der Waals surface area contributed by atoms with Crippen LogP contribution in [0, 0.1) is 4.77 Å². The van der Waals surface area contributed by atoms with Crippen LogP contribution in [0.25, 0.3) is 17.5 Å².